The van der Waals surface area contributed by atoms with E-state index >= 15 is 0 Å². The molecular weight excluding hydrogens is 316 g/mol. The van der Waals surface area contributed by atoms with Crippen LogP contribution in [0.5, 0.6) is 0 Å². The topological polar surface area (TPSA) is 49.4 Å². The molecule has 0 heterocycles. The van der Waals surface area contributed by atoms with Crippen LogP contribution < -0.4 is 5.32 Å². The van der Waals surface area contributed by atoms with Gasteiger partial charge in [-0.3, -0.25) is 0 Å². The molecule has 0 saturated heterocycles. The summed E-state index contributed by atoms with van der Waals surface area (Å²) >= 11 is 7.71. The van der Waals surface area contributed by atoms with Gasteiger partial charge in [0.05, 0.1) is 4.90 Å². The molecule has 0 bridgehead atoms. The fourth-order valence-electron chi connectivity index (χ4n) is 1.63. The van der Waals surface area contributed by atoms with Crippen LogP contribution >= 0.6 is 23.4 Å². The van der Waals surface area contributed by atoms with Gasteiger partial charge < -0.3 is 5.32 Å². The molecule has 0 aliphatic carbocycles. The Bertz CT molecular complexity index is 535. The van der Waals surface area contributed by atoms with E-state index in [1.54, 1.807) is 37.0 Å². The lowest BCUT2D eigenvalue weighted by molar-refractivity contribution is 0.488. The molecule has 0 fully saturated rings. The van der Waals surface area contributed by atoms with Crippen molar-refractivity contribution in [3.05, 3.63) is 28.8 Å². The van der Waals surface area contributed by atoms with Crippen molar-refractivity contribution in [2.75, 3.05) is 32.1 Å². The molecule has 7 heteroatoms. The largest absolute Gasteiger partial charge is 0.313 e. The maximum absolute atomic E-state index is 12.4. The number of hydrogen-bond acceptors (Lipinski definition) is 4. The van der Waals surface area contributed by atoms with Crippen LogP contribution in [0, 0.1) is 0 Å². The lowest BCUT2D eigenvalue weighted by atomic mass is 10.2. The van der Waals surface area contributed by atoms with Crippen LogP contribution in [0.4, 0.5) is 0 Å². The molecule has 0 radical (unpaired) electrons. The Morgan fingerprint density at radius 3 is 2.70 bits per heavy atom. The minimum atomic E-state index is -3.44. The summed E-state index contributed by atoms with van der Waals surface area (Å²) in [6.45, 7) is 3.85. The summed E-state index contributed by atoms with van der Waals surface area (Å²) in [5.74, 6) is 0.771. The third-order valence-corrected chi connectivity index (χ3v) is 5.71. The van der Waals surface area contributed by atoms with Crippen LogP contribution in [0.15, 0.2) is 23.1 Å². The number of thioether (sulfide) groups is 1. The first-order valence-electron chi connectivity index (χ1n) is 6.38. The Morgan fingerprint density at radius 1 is 1.40 bits per heavy atom. The van der Waals surface area contributed by atoms with Gasteiger partial charge in [0, 0.05) is 30.9 Å². The summed E-state index contributed by atoms with van der Waals surface area (Å²) in [5.41, 5.74) is 0.799. The van der Waals surface area contributed by atoms with Gasteiger partial charge in [0.2, 0.25) is 10.0 Å². The fraction of sp³-hybridized carbons (Fsp3) is 0.538. The summed E-state index contributed by atoms with van der Waals surface area (Å²) < 4.78 is 26.2. The minimum absolute atomic E-state index is 0.290. The van der Waals surface area contributed by atoms with Gasteiger partial charge in [0.25, 0.3) is 0 Å². The van der Waals surface area contributed by atoms with Gasteiger partial charge >= 0.3 is 0 Å². The second-order valence-electron chi connectivity index (χ2n) is 4.35. The second-order valence-corrected chi connectivity index (χ2v) is 7.79. The number of sulfonamides is 1. The van der Waals surface area contributed by atoms with Crippen LogP contribution in [-0.2, 0) is 16.6 Å². The highest BCUT2D eigenvalue weighted by Gasteiger charge is 2.21. The van der Waals surface area contributed by atoms with E-state index in [1.807, 2.05) is 13.2 Å². The zero-order chi connectivity index (χ0) is 15.2. The second kappa shape index (κ2) is 8.24. The molecule has 1 aromatic carbocycles. The summed E-state index contributed by atoms with van der Waals surface area (Å²) in [4.78, 5) is 0.290. The number of nitrogens with one attached hydrogen (secondary N) is 1. The lowest BCUT2D eigenvalue weighted by Crippen LogP contribution is -2.29. The first-order chi connectivity index (χ1) is 9.43. The van der Waals surface area contributed by atoms with Crippen molar-refractivity contribution in [3.8, 4) is 0 Å². The van der Waals surface area contributed by atoms with Crippen LogP contribution in [0.1, 0.15) is 12.5 Å². The standard InChI is InChI=1S/C13H21ClN2O2S2/c1-4-15-10-11-9-12(5-6-13(11)14)20(17,18)16(2)7-8-19-3/h5-6,9,15H,4,7-8,10H2,1-3H3. The Labute approximate surface area is 130 Å². The van der Waals surface area contributed by atoms with Crippen molar-refractivity contribution < 1.29 is 8.42 Å². The molecule has 1 aromatic rings. The highest BCUT2D eigenvalue weighted by Crippen LogP contribution is 2.22. The van der Waals surface area contributed by atoms with Crippen molar-refractivity contribution >= 4 is 33.4 Å². The maximum Gasteiger partial charge on any atom is 0.242 e. The highest BCUT2D eigenvalue weighted by atomic mass is 35.5. The number of rotatable bonds is 8. The van der Waals surface area contributed by atoms with Gasteiger partial charge in [0.15, 0.2) is 0 Å². The van der Waals surface area contributed by atoms with Crippen molar-refractivity contribution in [3.63, 3.8) is 0 Å². The van der Waals surface area contributed by atoms with E-state index in [2.05, 4.69) is 5.32 Å². The van der Waals surface area contributed by atoms with E-state index in [9.17, 15) is 8.42 Å². The first kappa shape index (κ1) is 17.8. The summed E-state index contributed by atoms with van der Waals surface area (Å²) in [6, 6.07) is 4.85. The molecule has 0 aliphatic rings. The average Bonchev–Trinajstić information content (AvgIpc) is 2.43. The van der Waals surface area contributed by atoms with Gasteiger partial charge in [-0.25, -0.2) is 12.7 Å². The molecule has 1 rings (SSSR count). The van der Waals surface area contributed by atoms with Gasteiger partial charge in [0.1, 0.15) is 0 Å². The van der Waals surface area contributed by atoms with Crippen LogP contribution in [0.25, 0.3) is 0 Å². The molecule has 0 atom stereocenters. The van der Waals surface area contributed by atoms with E-state index in [0.29, 0.717) is 23.0 Å². The molecule has 4 nitrogen and oxygen atoms in total. The number of hydrogen-bond donors (Lipinski definition) is 1. The molecule has 1 N–H and O–H groups in total. The van der Waals surface area contributed by atoms with Crippen molar-refractivity contribution in [2.24, 2.45) is 0 Å². The van der Waals surface area contributed by atoms with Gasteiger partial charge in [-0.15, -0.1) is 0 Å². The molecule has 0 aromatic heterocycles. The molecule has 20 heavy (non-hydrogen) atoms. The molecule has 0 unspecified atom stereocenters. The van der Waals surface area contributed by atoms with E-state index < -0.39 is 10.0 Å². The first-order valence-corrected chi connectivity index (χ1v) is 9.59. The SMILES string of the molecule is CCNCc1cc(S(=O)(=O)N(C)CCSC)ccc1Cl. The van der Waals surface area contributed by atoms with Crippen molar-refractivity contribution in [2.45, 2.75) is 18.4 Å². The third-order valence-electron chi connectivity index (χ3n) is 2.90. The van der Waals surface area contributed by atoms with Crippen molar-refractivity contribution in [1.29, 1.82) is 0 Å². The predicted octanol–water partition coefficient (Wildman–Crippen LogP) is 2.43. The van der Waals surface area contributed by atoms with Gasteiger partial charge in [-0.2, -0.15) is 11.8 Å². The lowest BCUT2D eigenvalue weighted by Gasteiger charge is -2.17. The Kier molecular flexibility index (Phi) is 7.33. The third kappa shape index (κ3) is 4.63. The number of benzene rings is 1. The van der Waals surface area contributed by atoms with Crippen LogP contribution in [0.2, 0.25) is 5.02 Å². The highest BCUT2D eigenvalue weighted by molar-refractivity contribution is 7.98. The molecule has 0 amide bonds. The quantitative estimate of drug-likeness (QED) is 0.792. The van der Waals surface area contributed by atoms with Crippen LogP contribution in [-0.4, -0.2) is 44.9 Å². The molecular formula is C13H21ClN2O2S2. The summed E-state index contributed by atoms with van der Waals surface area (Å²) in [6.07, 6.45) is 1.96. The smallest absolute Gasteiger partial charge is 0.242 e. The normalized spacial score (nSPS) is 12.1. The van der Waals surface area contributed by atoms with E-state index in [-0.39, 0.29) is 0 Å². The number of halogens is 1. The molecule has 0 spiro atoms. The Balaban J connectivity index is 3.00. The van der Waals surface area contributed by atoms with E-state index in [4.69, 9.17) is 11.6 Å². The predicted molar refractivity (Wildman–Crippen MR) is 87.0 cm³/mol. The zero-order valence-corrected chi connectivity index (χ0v) is 14.4. The van der Waals surface area contributed by atoms with E-state index in [0.717, 1.165) is 17.9 Å². The Morgan fingerprint density at radius 2 is 2.10 bits per heavy atom. The number of nitrogens with zero attached hydrogens (tertiary/aromatic N) is 1. The van der Waals surface area contributed by atoms with Crippen LogP contribution in [0.3, 0.4) is 0 Å². The zero-order valence-electron chi connectivity index (χ0n) is 12.0. The maximum atomic E-state index is 12.4. The minimum Gasteiger partial charge on any atom is -0.313 e. The van der Waals surface area contributed by atoms with Crippen molar-refractivity contribution in [1.82, 2.24) is 9.62 Å². The fourth-order valence-corrected chi connectivity index (χ4v) is 3.61. The van der Waals surface area contributed by atoms with Gasteiger partial charge in [-0.1, -0.05) is 18.5 Å². The monoisotopic (exact) mass is 336 g/mol. The molecule has 114 valence electrons. The molecule has 0 aliphatic heterocycles. The van der Waals surface area contributed by atoms with Gasteiger partial charge in [-0.05, 0) is 36.6 Å². The Hall–Kier alpha value is -0.270. The summed E-state index contributed by atoms with van der Waals surface area (Å²) in [7, 11) is -1.84. The summed E-state index contributed by atoms with van der Waals surface area (Å²) in [5, 5.41) is 3.73. The van der Waals surface area contributed by atoms with E-state index in [1.165, 1.54) is 4.31 Å². The average molecular weight is 337 g/mol. The molecule has 0 saturated carbocycles.